The Labute approximate surface area is 279 Å². The van der Waals surface area contributed by atoms with E-state index in [1.54, 1.807) is 0 Å². The van der Waals surface area contributed by atoms with Gasteiger partial charge in [0.05, 0.1) is 12.0 Å². The minimum Gasteiger partial charge on any atom is -0.481 e. The van der Waals surface area contributed by atoms with E-state index >= 15 is 0 Å². The molecule has 1 aliphatic heterocycles. The number of aliphatic hydroxyl groups is 1. The molecule has 5 heteroatoms. The maximum atomic E-state index is 11.6. The van der Waals surface area contributed by atoms with Gasteiger partial charge < -0.3 is 14.9 Å². The van der Waals surface area contributed by atoms with E-state index in [4.69, 9.17) is 4.74 Å². The van der Waals surface area contributed by atoms with Gasteiger partial charge in [0.2, 0.25) is 0 Å². The second-order valence-electron chi connectivity index (χ2n) is 13.4. The minimum absolute atomic E-state index is 0.147. The molecule has 0 saturated carbocycles. The Morgan fingerprint density at radius 2 is 1.22 bits per heavy atom. The predicted molar refractivity (Wildman–Crippen MR) is 192 cm³/mol. The molecule has 1 aliphatic rings. The molecule has 0 spiro atoms. The lowest BCUT2D eigenvalue weighted by Crippen LogP contribution is -2.19. The molecule has 264 valence electrons. The topological polar surface area (TPSA) is 83.8 Å². The fourth-order valence-corrected chi connectivity index (χ4v) is 5.92. The van der Waals surface area contributed by atoms with Crippen LogP contribution in [0.25, 0.3) is 0 Å². The van der Waals surface area contributed by atoms with Gasteiger partial charge in [-0.05, 0) is 64.2 Å². The summed E-state index contributed by atoms with van der Waals surface area (Å²) in [6.45, 7) is 6.68. The third-order valence-electron chi connectivity index (χ3n) is 8.97. The lowest BCUT2D eigenvalue weighted by molar-refractivity contribution is -0.144. The molecule has 0 radical (unpaired) electrons. The number of esters is 1. The van der Waals surface area contributed by atoms with Gasteiger partial charge >= 0.3 is 11.9 Å². The van der Waals surface area contributed by atoms with Crippen LogP contribution in [0.15, 0.2) is 24.3 Å². The molecule has 0 aliphatic carbocycles. The summed E-state index contributed by atoms with van der Waals surface area (Å²) in [5.74, 6) is -1.15. The van der Waals surface area contributed by atoms with Crippen molar-refractivity contribution in [3.63, 3.8) is 0 Å². The second kappa shape index (κ2) is 33.7. The number of hydrogen-bond acceptors (Lipinski definition) is 4. The molecule has 0 aromatic rings. The van der Waals surface area contributed by atoms with Gasteiger partial charge in [0.1, 0.15) is 6.10 Å². The number of carboxylic acids is 1. The highest BCUT2D eigenvalue weighted by Gasteiger charge is 2.18. The Morgan fingerprint density at radius 3 is 1.78 bits per heavy atom. The van der Waals surface area contributed by atoms with Crippen LogP contribution < -0.4 is 0 Å². The zero-order valence-electron chi connectivity index (χ0n) is 30.0. The van der Waals surface area contributed by atoms with Crippen LogP contribution >= 0.6 is 0 Å². The molecular weight excluding hydrogens is 560 g/mol. The highest BCUT2D eigenvalue weighted by atomic mass is 16.5. The summed E-state index contributed by atoms with van der Waals surface area (Å²) >= 11 is 0. The average Bonchev–Trinajstić information content (AvgIpc) is 3.02. The van der Waals surface area contributed by atoms with Crippen molar-refractivity contribution in [2.75, 3.05) is 0 Å². The van der Waals surface area contributed by atoms with Crippen molar-refractivity contribution in [3.8, 4) is 0 Å². The smallest absolute Gasteiger partial charge is 0.330 e. The minimum atomic E-state index is -0.684. The Morgan fingerprint density at radius 1 is 0.711 bits per heavy atom. The van der Waals surface area contributed by atoms with Crippen LogP contribution in [0.1, 0.15) is 201 Å². The van der Waals surface area contributed by atoms with Crippen LogP contribution in [-0.4, -0.2) is 34.4 Å². The molecule has 0 aromatic heterocycles. The number of rotatable bonds is 30. The summed E-state index contributed by atoms with van der Waals surface area (Å²) in [6.07, 6.45) is 40.1. The summed E-state index contributed by atoms with van der Waals surface area (Å²) in [6, 6.07) is 0. The van der Waals surface area contributed by atoms with E-state index < -0.39 is 5.97 Å². The van der Waals surface area contributed by atoms with Crippen LogP contribution in [0.3, 0.4) is 0 Å². The summed E-state index contributed by atoms with van der Waals surface area (Å²) in [7, 11) is 0. The van der Waals surface area contributed by atoms with Gasteiger partial charge in [-0.25, -0.2) is 4.79 Å². The van der Waals surface area contributed by atoms with Gasteiger partial charge in [-0.3, -0.25) is 4.79 Å². The maximum Gasteiger partial charge on any atom is 0.330 e. The molecule has 3 unspecified atom stereocenters. The number of ether oxygens (including phenoxy) is 1. The quantitative estimate of drug-likeness (QED) is 0.0466. The molecule has 5 nitrogen and oxygen atoms in total. The third-order valence-corrected chi connectivity index (χ3v) is 8.97. The molecule has 45 heavy (non-hydrogen) atoms. The molecule has 0 aromatic carbocycles. The number of hydrogen-bond donors (Lipinski definition) is 2. The number of cyclic esters (lactones) is 1. The van der Waals surface area contributed by atoms with Crippen LogP contribution in [0.4, 0.5) is 0 Å². The van der Waals surface area contributed by atoms with Crippen molar-refractivity contribution in [2.24, 2.45) is 5.92 Å². The lowest BCUT2D eigenvalue weighted by atomic mass is 9.93. The Bertz CT molecular complexity index is 715. The van der Waals surface area contributed by atoms with Crippen molar-refractivity contribution < 1.29 is 24.5 Å². The highest BCUT2D eigenvalue weighted by Crippen LogP contribution is 2.20. The number of carbonyl (C=O) groups is 2. The van der Waals surface area contributed by atoms with E-state index in [9.17, 15) is 19.8 Å². The first-order chi connectivity index (χ1) is 21.9. The van der Waals surface area contributed by atoms with Crippen molar-refractivity contribution in [3.05, 3.63) is 24.3 Å². The number of carbonyl (C=O) groups excluding carboxylic acids is 1. The van der Waals surface area contributed by atoms with Gasteiger partial charge in [0.25, 0.3) is 0 Å². The number of unbranched alkanes of at least 4 members (excludes halogenated alkanes) is 18. The van der Waals surface area contributed by atoms with E-state index in [1.807, 2.05) is 6.08 Å². The first kappa shape index (κ1) is 43.4. The van der Waals surface area contributed by atoms with Crippen LogP contribution in [-0.2, 0) is 14.3 Å². The monoisotopic (exact) mass is 635 g/mol. The predicted octanol–water partition coefficient (Wildman–Crippen LogP) is 12.1. The van der Waals surface area contributed by atoms with E-state index in [0.29, 0.717) is 12.8 Å². The van der Waals surface area contributed by atoms with Gasteiger partial charge in [0, 0.05) is 12.5 Å². The van der Waals surface area contributed by atoms with E-state index in [0.717, 1.165) is 51.4 Å². The number of allylic oxidation sites excluding steroid dienone is 2. The second-order valence-corrected chi connectivity index (χ2v) is 13.4. The molecule has 0 bridgehead atoms. The first-order valence-corrected chi connectivity index (χ1v) is 19.4. The first-order valence-electron chi connectivity index (χ1n) is 19.4. The maximum absolute atomic E-state index is 11.6. The number of carboxylic acid groups (broad SMARTS) is 1. The van der Waals surface area contributed by atoms with Crippen molar-refractivity contribution >= 4 is 11.9 Å². The fourth-order valence-electron chi connectivity index (χ4n) is 5.92. The zero-order chi connectivity index (χ0) is 33.2. The lowest BCUT2D eigenvalue weighted by Gasteiger charge is -2.17. The van der Waals surface area contributed by atoms with Crippen LogP contribution in [0.5, 0.6) is 0 Å². The molecule has 1 heterocycles. The molecular formula is C40H74O5. The normalized spacial score (nSPS) is 15.9. The molecule has 3 atom stereocenters. The van der Waals surface area contributed by atoms with Crippen LogP contribution in [0.2, 0.25) is 0 Å². The SMILES string of the molecule is CCCCCC1CC=CC(=O)O1.CCCCCCCC/C=C\CCCC(O)CCC(CCCCCCCCCCCC)C(=O)O. The van der Waals surface area contributed by atoms with E-state index in [1.165, 1.54) is 122 Å². The Balaban J connectivity index is 0.00000133. The third kappa shape index (κ3) is 30.8. The van der Waals surface area contributed by atoms with Gasteiger partial charge in [-0.15, -0.1) is 0 Å². The summed E-state index contributed by atoms with van der Waals surface area (Å²) in [5.41, 5.74) is 0. The molecule has 0 fully saturated rings. The molecule has 2 N–H and O–H groups in total. The largest absolute Gasteiger partial charge is 0.481 e. The molecule has 1 rings (SSSR count). The van der Waals surface area contributed by atoms with Gasteiger partial charge in [0.15, 0.2) is 0 Å². The fraction of sp³-hybridized carbons (Fsp3) is 0.850. The van der Waals surface area contributed by atoms with Crippen LogP contribution in [0, 0.1) is 5.92 Å². The van der Waals surface area contributed by atoms with Crippen molar-refractivity contribution in [2.45, 2.75) is 213 Å². The Kier molecular flexibility index (Phi) is 32.5. The zero-order valence-corrected chi connectivity index (χ0v) is 30.0. The van der Waals surface area contributed by atoms with E-state index in [2.05, 4.69) is 32.9 Å². The number of aliphatic hydroxyl groups excluding tert-OH is 1. The van der Waals surface area contributed by atoms with E-state index in [-0.39, 0.29) is 24.1 Å². The standard InChI is InChI=1S/C30H58O3.C10H16O2/c1-3-5-7-9-11-13-15-17-19-21-23-25-29(31)27-26-28(30(32)33)24-22-20-18-16-14-12-10-8-6-4-2;1-2-3-4-6-9-7-5-8-10(11)12-9/h17,19,28-29,31H,3-16,18,20-27H2,1-2H3,(H,32,33);5,8-9H,2-4,6-7H2,1H3/b19-17-;. The van der Waals surface area contributed by atoms with Gasteiger partial charge in [-0.2, -0.15) is 0 Å². The van der Waals surface area contributed by atoms with Crippen molar-refractivity contribution in [1.29, 1.82) is 0 Å². The summed E-state index contributed by atoms with van der Waals surface area (Å²) < 4.78 is 5.11. The number of aliphatic carboxylic acids is 1. The summed E-state index contributed by atoms with van der Waals surface area (Å²) in [5, 5.41) is 19.8. The summed E-state index contributed by atoms with van der Waals surface area (Å²) in [4.78, 5) is 22.4. The molecule has 0 saturated heterocycles. The van der Waals surface area contributed by atoms with Crippen molar-refractivity contribution in [1.82, 2.24) is 0 Å². The average molecular weight is 635 g/mol. The molecule has 0 amide bonds. The Hall–Kier alpha value is -1.62. The highest BCUT2D eigenvalue weighted by molar-refractivity contribution is 5.82. The van der Waals surface area contributed by atoms with Gasteiger partial charge in [-0.1, -0.05) is 148 Å².